The Kier molecular flexibility index (Phi) is 10.2. The van der Waals surface area contributed by atoms with Crippen molar-refractivity contribution in [3.8, 4) is 0 Å². The van der Waals surface area contributed by atoms with Crippen LogP contribution < -0.4 is 0 Å². The van der Waals surface area contributed by atoms with Crippen LogP contribution in [0.4, 0.5) is 0 Å². The first-order valence-electron chi connectivity index (χ1n) is 3.51. The molecule has 62 valence electrons. The zero-order valence-electron chi connectivity index (χ0n) is 7.22. The van der Waals surface area contributed by atoms with E-state index >= 15 is 0 Å². The van der Waals surface area contributed by atoms with Crippen molar-refractivity contribution >= 4 is 5.91 Å². The highest BCUT2D eigenvalue weighted by molar-refractivity contribution is 5.72. The van der Waals surface area contributed by atoms with Crippen LogP contribution in [0.1, 0.15) is 20.8 Å². The number of hydrogen-bond acceptors (Lipinski definition) is 2. The maximum atomic E-state index is 10.3. The third-order valence-corrected chi connectivity index (χ3v) is 0.973. The monoisotopic (exact) mass is 147 g/mol. The van der Waals surface area contributed by atoms with E-state index in [1.54, 1.807) is 7.05 Å². The first-order chi connectivity index (χ1) is 4.68. The van der Waals surface area contributed by atoms with Crippen LogP contribution in [0.15, 0.2) is 0 Å². The first kappa shape index (κ1) is 12.1. The van der Waals surface area contributed by atoms with Crippen molar-refractivity contribution < 1.29 is 9.90 Å². The van der Waals surface area contributed by atoms with E-state index in [1.807, 2.05) is 13.8 Å². The molecule has 0 aromatic carbocycles. The Hall–Kier alpha value is -0.570. The lowest BCUT2D eigenvalue weighted by atomic mass is 10.5. The third-order valence-electron chi connectivity index (χ3n) is 0.973. The lowest BCUT2D eigenvalue weighted by Gasteiger charge is -2.11. The predicted molar refractivity (Wildman–Crippen MR) is 41.7 cm³/mol. The fourth-order valence-electron chi connectivity index (χ4n) is 0.307. The molecule has 0 spiro atoms. The molecule has 0 bridgehead atoms. The summed E-state index contributed by atoms with van der Waals surface area (Å²) in [5.41, 5.74) is 0. The van der Waals surface area contributed by atoms with Gasteiger partial charge in [-0.2, -0.15) is 0 Å². The van der Waals surface area contributed by atoms with Crippen LogP contribution in [-0.4, -0.2) is 36.1 Å². The number of rotatable bonds is 2. The highest BCUT2D eigenvalue weighted by Gasteiger charge is 1.97. The van der Waals surface area contributed by atoms with Gasteiger partial charge < -0.3 is 10.0 Å². The molecule has 0 unspecified atom stereocenters. The lowest BCUT2D eigenvalue weighted by molar-refractivity contribution is -0.127. The summed E-state index contributed by atoms with van der Waals surface area (Å²) >= 11 is 0. The van der Waals surface area contributed by atoms with E-state index in [4.69, 9.17) is 5.11 Å². The third kappa shape index (κ3) is 7.43. The van der Waals surface area contributed by atoms with Gasteiger partial charge >= 0.3 is 0 Å². The Balaban J connectivity index is 0. The second-order valence-electron chi connectivity index (χ2n) is 1.66. The van der Waals surface area contributed by atoms with Gasteiger partial charge in [0.1, 0.15) is 0 Å². The molecule has 0 aliphatic carbocycles. The van der Waals surface area contributed by atoms with E-state index in [-0.39, 0.29) is 12.5 Å². The minimum absolute atomic E-state index is 0.0148. The summed E-state index contributed by atoms with van der Waals surface area (Å²) < 4.78 is 0. The topological polar surface area (TPSA) is 40.5 Å². The average molecular weight is 147 g/mol. The van der Waals surface area contributed by atoms with Gasteiger partial charge in [0.15, 0.2) is 0 Å². The van der Waals surface area contributed by atoms with Crippen molar-refractivity contribution in [1.82, 2.24) is 4.90 Å². The Labute approximate surface area is 62.7 Å². The number of amides is 1. The first-order valence-corrected chi connectivity index (χ1v) is 3.51. The van der Waals surface area contributed by atoms with Crippen molar-refractivity contribution in [2.45, 2.75) is 20.8 Å². The minimum Gasteiger partial charge on any atom is -0.395 e. The maximum Gasteiger partial charge on any atom is 0.219 e. The molecule has 1 amide bonds. The lowest BCUT2D eigenvalue weighted by Crippen LogP contribution is -2.26. The summed E-state index contributed by atoms with van der Waals surface area (Å²) in [6, 6.07) is 0. The molecule has 1 N–H and O–H groups in total. The van der Waals surface area contributed by atoms with Gasteiger partial charge in [0.25, 0.3) is 0 Å². The van der Waals surface area contributed by atoms with Gasteiger partial charge in [0.05, 0.1) is 6.61 Å². The Morgan fingerprint density at radius 1 is 1.50 bits per heavy atom. The van der Waals surface area contributed by atoms with Crippen LogP contribution in [0.2, 0.25) is 0 Å². The second kappa shape index (κ2) is 8.43. The van der Waals surface area contributed by atoms with E-state index in [0.717, 1.165) is 0 Å². The average Bonchev–Trinajstić information content (AvgIpc) is 1.93. The Morgan fingerprint density at radius 2 is 1.90 bits per heavy atom. The van der Waals surface area contributed by atoms with Crippen molar-refractivity contribution in [2.24, 2.45) is 0 Å². The number of carbonyl (C=O) groups is 1. The fourth-order valence-corrected chi connectivity index (χ4v) is 0.307. The van der Waals surface area contributed by atoms with Gasteiger partial charge in [0.2, 0.25) is 5.91 Å². The molecular weight excluding hydrogens is 130 g/mol. The highest BCUT2D eigenvalue weighted by Crippen LogP contribution is 1.79. The molecule has 0 radical (unpaired) electrons. The number of likely N-dealkylation sites (N-methyl/N-ethyl adjacent to an activating group) is 1. The molecule has 0 saturated carbocycles. The summed E-state index contributed by atoms with van der Waals surface area (Å²) in [7, 11) is 1.65. The van der Waals surface area contributed by atoms with Crippen molar-refractivity contribution in [3.63, 3.8) is 0 Å². The van der Waals surface area contributed by atoms with Crippen LogP contribution in [0, 0.1) is 0 Å². The molecule has 0 saturated heterocycles. The fraction of sp³-hybridized carbons (Fsp3) is 0.857. The zero-order chi connectivity index (χ0) is 8.57. The van der Waals surface area contributed by atoms with Crippen molar-refractivity contribution in [2.75, 3.05) is 20.2 Å². The van der Waals surface area contributed by atoms with E-state index in [2.05, 4.69) is 0 Å². The van der Waals surface area contributed by atoms with Crippen LogP contribution in [-0.2, 0) is 4.79 Å². The Morgan fingerprint density at radius 3 is 2.00 bits per heavy atom. The van der Waals surface area contributed by atoms with Gasteiger partial charge in [-0.1, -0.05) is 13.8 Å². The molecule has 0 heterocycles. The molecule has 0 aliphatic heterocycles. The molecule has 3 heteroatoms. The van der Waals surface area contributed by atoms with Crippen molar-refractivity contribution in [1.29, 1.82) is 0 Å². The normalized spacial score (nSPS) is 7.70. The smallest absolute Gasteiger partial charge is 0.219 e. The summed E-state index contributed by atoms with van der Waals surface area (Å²) in [4.78, 5) is 11.8. The molecule has 0 atom stereocenters. The quantitative estimate of drug-likeness (QED) is 0.617. The summed E-state index contributed by atoms with van der Waals surface area (Å²) in [5, 5.41) is 8.29. The van der Waals surface area contributed by atoms with Gasteiger partial charge in [-0.15, -0.1) is 0 Å². The predicted octanol–water partition coefficient (Wildman–Crippen LogP) is 0.483. The van der Waals surface area contributed by atoms with E-state index in [1.165, 1.54) is 11.8 Å². The molecule has 0 aromatic rings. The summed E-state index contributed by atoms with van der Waals surface area (Å²) in [6.07, 6.45) is 0. The van der Waals surface area contributed by atoms with Gasteiger partial charge in [-0.3, -0.25) is 4.79 Å². The van der Waals surface area contributed by atoms with Gasteiger partial charge in [-0.25, -0.2) is 0 Å². The van der Waals surface area contributed by atoms with Gasteiger partial charge in [-0.05, 0) is 0 Å². The van der Waals surface area contributed by atoms with Crippen LogP contribution in [0.25, 0.3) is 0 Å². The molecule has 0 aliphatic rings. The van der Waals surface area contributed by atoms with Crippen LogP contribution in [0.3, 0.4) is 0 Å². The van der Waals surface area contributed by atoms with E-state index in [9.17, 15) is 4.79 Å². The van der Waals surface area contributed by atoms with E-state index in [0.29, 0.717) is 6.54 Å². The summed E-state index contributed by atoms with van der Waals surface area (Å²) in [5.74, 6) is -0.0148. The molecular formula is C7H17NO2. The molecule has 0 fully saturated rings. The van der Waals surface area contributed by atoms with Crippen molar-refractivity contribution in [3.05, 3.63) is 0 Å². The number of nitrogens with zero attached hydrogens (tertiary/aromatic N) is 1. The minimum atomic E-state index is -0.0148. The number of aliphatic hydroxyl groups is 1. The number of carbonyl (C=O) groups excluding carboxylic acids is 1. The molecule has 0 rings (SSSR count). The van der Waals surface area contributed by atoms with Crippen LogP contribution >= 0.6 is 0 Å². The maximum absolute atomic E-state index is 10.3. The zero-order valence-corrected chi connectivity index (χ0v) is 7.22. The highest BCUT2D eigenvalue weighted by atomic mass is 16.3. The second-order valence-corrected chi connectivity index (χ2v) is 1.66. The largest absolute Gasteiger partial charge is 0.395 e. The molecule has 0 aromatic heterocycles. The van der Waals surface area contributed by atoms with Crippen LogP contribution in [0.5, 0.6) is 0 Å². The van der Waals surface area contributed by atoms with E-state index < -0.39 is 0 Å². The number of hydrogen-bond donors (Lipinski definition) is 1. The van der Waals surface area contributed by atoms with Gasteiger partial charge in [0, 0.05) is 20.5 Å². The standard InChI is InChI=1S/C5H11NO2.C2H6/c1-5(8)6(2)3-4-7;1-2/h7H,3-4H2,1-2H3;1-2H3. The number of aliphatic hydroxyl groups excluding tert-OH is 1. The molecule has 3 nitrogen and oxygen atoms in total. The SMILES string of the molecule is CC.CC(=O)N(C)CCO. The molecule has 10 heavy (non-hydrogen) atoms. The Bertz CT molecular complexity index is 83.7. The summed E-state index contributed by atoms with van der Waals surface area (Å²) in [6.45, 7) is 5.93.